The number of sulfonamides is 1. The van der Waals surface area contributed by atoms with Crippen LogP contribution < -0.4 is 10.0 Å². The van der Waals surface area contributed by atoms with Gasteiger partial charge in [0.25, 0.3) is 15.9 Å². The lowest BCUT2D eigenvalue weighted by Crippen LogP contribution is -2.23. The molecule has 0 aliphatic rings. The van der Waals surface area contributed by atoms with E-state index in [4.69, 9.17) is 0 Å². The van der Waals surface area contributed by atoms with Gasteiger partial charge in [0.2, 0.25) is 0 Å². The fourth-order valence-electron chi connectivity index (χ4n) is 2.70. The Hall–Kier alpha value is -3.06. The maximum Gasteiger partial charge on any atom is 0.268 e. The Bertz CT molecular complexity index is 1040. The van der Waals surface area contributed by atoms with E-state index in [0.29, 0.717) is 12.5 Å². The monoisotopic (exact) mass is 397 g/mol. The van der Waals surface area contributed by atoms with Crippen molar-refractivity contribution in [2.45, 2.75) is 31.2 Å². The van der Waals surface area contributed by atoms with Crippen molar-refractivity contribution in [3.8, 4) is 0 Å². The van der Waals surface area contributed by atoms with Crippen LogP contribution in [-0.2, 0) is 16.6 Å². The van der Waals surface area contributed by atoms with Crippen LogP contribution in [0, 0.1) is 0 Å². The molecule has 0 saturated carbocycles. The fourth-order valence-corrected chi connectivity index (χ4v) is 3.72. The molecule has 0 spiro atoms. The second-order valence-electron chi connectivity index (χ2n) is 6.78. The van der Waals surface area contributed by atoms with E-state index >= 15 is 0 Å². The van der Waals surface area contributed by atoms with Crippen molar-refractivity contribution < 1.29 is 13.2 Å². The second kappa shape index (κ2) is 8.31. The quantitative estimate of drug-likeness (QED) is 0.565. The molecule has 0 fully saturated rings. The van der Waals surface area contributed by atoms with Gasteiger partial charge < -0.3 is 10.3 Å². The first kappa shape index (κ1) is 19.7. The van der Waals surface area contributed by atoms with Gasteiger partial charge in [-0.2, -0.15) is 0 Å². The highest BCUT2D eigenvalue weighted by atomic mass is 32.2. The third-order valence-electron chi connectivity index (χ3n) is 4.33. The van der Waals surface area contributed by atoms with E-state index < -0.39 is 10.0 Å². The Morgan fingerprint density at radius 3 is 2.29 bits per heavy atom. The van der Waals surface area contributed by atoms with Crippen LogP contribution in [0.5, 0.6) is 0 Å². The molecule has 1 aromatic heterocycles. The molecule has 7 heteroatoms. The Morgan fingerprint density at radius 2 is 1.64 bits per heavy atom. The van der Waals surface area contributed by atoms with Crippen LogP contribution >= 0.6 is 0 Å². The van der Waals surface area contributed by atoms with Crippen molar-refractivity contribution in [2.75, 3.05) is 4.72 Å². The molecular weight excluding hydrogens is 374 g/mol. The number of carbonyl (C=O) groups excluding carboxylic acids is 1. The van der Waals surface area contributed by atoms with Crippen LogP contribution in [0.1, 0.15) is 41.4 Å². The number of aromatic amines is 1. The number of nitrogens with one attached hydrogen (secondary N) is 3. The van der Waals surface area contributed by atoms with Crippen LogP contribution in [-0.4, -0.2) is 19.3 Å². The summed E-state index contributed by atoms with van der Waals surface area (Å²) in [5.74, 6) is 0.249. The molecule has 0 radical (unpaired) electrons. The fraction of sp³-hybridized carbons (Fsp3) is 0.190. The number of rotatable bonds is 7. The molecule has 28 heavy (non-hydrogen) atoms. The molecule has 1 amide bonds. The van der Waals surface area contributed by atoms with E-state index in [9.17, 15) is 13.2 Å². The number of aromatic nitrogens is 1. The maximum absolute atomic E-state index is 12.5. The normalized spacial score (nSPS) is 11.4. The van der Waals surface area contributed by atoms with Gasteiger partial charge in [0.05, 0.1) is 4.90 Å². The van der Waals surface area contributed by atoms with Gasteiger partial charge >= 0.3 is 0 Å². The minimum absolute atomic E-state index is 0.168. The first-order chi connectivity index (χ1) is 13.3. The summed E-state index contributed by atoms with van der Waals surface area (Å²) in [6.45, 7) is 4.48. The van der Waals surface area contributed by atoms with Crippen molar-refractivity contribution in [3.63, 3.8) is 0 Å². The summed E-state index contributed by atoms with van der Waals surface area (Å²) < 4.78 is 27.6. The molecule has 146 valence electrons. The third kappa shape index (κ3) is 4.80. The van der Waals surface area contributed by atoms with Crippen molar-refractivity contribution in [2.24, 2.45) is 0 Å². The third-order valence-corrected chi connectivity index (χ3v) is 5.71. The number of hydrogen-bond acceptors (Lipinski definition) is 3. The molecule has 3 rings (SSSR count). The lowest BCUT2D eigenvalue weighted by atomic mass is 10.0. The highest BCUT2D eigenvalue weighted by Gasteiger charge is 2.16. The lowest BCUT2D eigenvalue weighted by molar-refractivity contribution is 0.0946. The molecular formula is C21H23N3O3S. The van der Waals surface area contributed by atoms with E-state index in [-0.39, 0.29) is 22.3 Å². The minimum Gasteiger partial charge on any atom is -0.347 e. The molecule has 0 aliphatic carbocycles. The van der Waals surface area contributed by atoms with Gasteiger partial charge in [-0.25, -0.2) is 8.42 Å². The standard InChI is InChI=1S/C21H23N3O3S/c1-15(2)17-8-10-18(11-9-17)28(26,27)24-20-13-12-19(23-20)21(25)22-14-16-6-4-3-5-7-16/h3-13,15,23-24H,14H2,1-2H3,(H,22,25). The average Bonchev–Trinajstić information content (AvgIpc) is 3.15. The average molecular weight is 398 g/mol. The van der Waals surface area contributed by atoms with Gasteiger partial charge in [0.15, 0.2) is 0 Å². The van der Waals surface area contributed by atoms with Crippen molar-refractivity contribution in [1.82, 2.24) is 10.3 Å². The van der Waals surface area contributed by atoms with Gasteiger partial charge in [-0.1, -0.05) is 56.3 Å². The number of anilines is 1. The molecule has 0 unspecified atom stereocenters. The van der Waals surface area contributed by atoms with Crippen LogP contribution in [0.4, 0.5) is 5.82 Å². The highest BCUT2D eigenvalue weighted by molar-refractivity contribution is 7.92. The Morgan fingerprint density at radius 1 is 0.964 bits per heavy atom. The maximum atomic E-state index is 12.5. The number of H-pyrrole nitrogens is 1. The summed E-state index contributed by atoms with van der Waals surface area (Å²) in [6, 6.07) is 19.4. The Labute approximate surface area is 165 Å². The van der Waals surface area contributed by atoms with Gasteiger partial charge in [-0.05, 0) is 41.3 Å². The topological polar surface area (TPSA) is 91.1 Å². The first-order valence-corrected chi connectivity index (χ1v) is 10.5. The molecule has 2 aromatic carbocycles. The first-order valence-electron chi connectivity index (χ1n) is 8.99. The molecule has 0 aliphatic heterocycles. The second-order valence-corrected chi connectivity index (χ2v) is 8.47. The Kier molecular flexibility index (Phi) is 5.84. The van der Waals surface area contributed by atoms with Crippen LogP contribution in [0.2, 0.25) is 0 Å². The van der Waals surface area contributed by atoms with Crippen LogP contribution in [0.25, 0.3) is 0 Å². The van der Waals surface area contributed by atoms with E-state index in [1.165, 1.54) is 6.07 Å². The zero-order valence-corrected chi connectivity index (χ0v) is 16.6. The van der Waals surface area contributed by atoms with Crippen LogP contribution in [0.15, 0.2) is 71.6 Å². The smallest absolute Gasteiger partial charge is 0.268 e. The highest BCUT2D eigenvalue weighted by Crippen LogP contribution is 2.19. The largest absolute Gasteiger partial charge is 0.347 e. The predicted octanol–water partition coefficient (Wildman–Crippen LogP) is 3.87. The van der Waals surface area contributed by atoms with E-state index in [0.717, 1.165) is 11.1 Å². The summed E-state index contributed by atoms with van der Waals surface area (Å²) in [5.41, 5.74) is 2.33. The van der Waals surface area contributed by atoms with E-state index in [1.54, 1.807) is 30.3 Å². The van der Waals surface area contributed by atoms with Gasteiger partial charge in [-0.3, -0.25) is 9.52 Å². The van der Waals surface area contributed by atoms with E-state index in [2.05, 4.69) is 15.0 Å². The zero-order chi connectivity index (χ0) is 20.1. The van der Waals surface area contributed by atoms with Gasteiger partial charge in [-0.15, -0.1) is 0 Å². The molecule has 3 N–H and O–H groups in total. The molecule has 0 bridgehead atoms. The minimum atomic E-state index is -3.74. The molecule has 0 saturated heterocycles. The summed E-state index contributed by atoms with van der Waals surface area (Å²) in [7, 11) is -3.74. The lowest BCUT2D eigenvalue weighted by Gasteiger charge is -2.09. The number of hydrogen-bond donors (Lipinski definition) is 3. The van der Waals surface area contributed by atoms with Crippen molar-refractivity contribution in [3.05, 3.63) is 83.6 Å². The summed E-state index contributed by atoms with van der Waals surface area (Å²) in [6.07, 6.45) is 0. The van der Waals surface area contributed by atoms with Crippen LogP contribution in [0.3, 0.4) is 0 Å². The van der Waals surface area contributed by atoms with Gasteiger partial charge in [0, 0.05) is 6.54 Å². The summed E-state index contributed by atoms with van der Waals surface area (Å²) in [5, 5.41) is 2.79. The SMILES string of the molecule is CC(C)c1ccc(S(=O)(=O)Nc2ccc(C(=O)NCc3ccccc3)[nH]2)cc1. The summed E-state index contributed by atoms with van der Waals surface area (Å²) in [4.78, 5) is 15.2. The predicted molar refractivity (Wildman–Crippen MR) is 110 cm³/mol. The molecule has 1 heterocycles. The van der Waals surface area contributed by atoms with Crippen molar-refractivity contribution >= 4 is 21.7 Å². The number of amides is 1. The number of benzene rings is 2. The zero-order valence-electron chi connectivity index (χ0n) is 15.8. The molecule has 6 nitrogen and oxygen atoms in total. The summed E-state index contributed by atoms with van der Waals surface area (Å²) >= 11 is 0. The molecule has 0 atom stereocenters. The van der Waals surface area contributed by atoms with Crippen molar-refractivity contribution in [1.29, 1.82) is 0 Å². The van der Waals surface area contributed by atoms with Gasteiger partial charge in [0.1, 0.15) is 11.5 Å². The number of carbonyl (C=O) groups is 1. The van der Waals surface area contributed by atoms with E-state index in [1.807, 2.05) is 44.2 Å². The molecule has 3 aromatic rings. The Balaban J connectivity index is 1.65.